The molecule has 0 N–H and O–H groups in total. The van der Waals surface area contributed by atoms with Crippen molar-refractivity contribution in [2.75, 3.05) is 13.2 Å². The van der Waals surface area contributed by atoms with Crippen LogP contribution in [0.5, 0.6) is 0 Å². The largest absolute Gasteiger partial charge is 0.393 e. The standard InChI is InChI=1S/C10H14O4/c1-10(2-4-13-5-3-10)7-6-8(11)14-9(7)12/h7H,2-6H2,1H3. The summed E-state index contributed by atoms with van der Waals surface area (Å²) in [5.41, 5.74) is -0.110. The SMILES string of the molecule is CC1(C2CC(=O)OC2=O)CCOCC1. The molecule has 1 unspecified atom stereocenters. The predicted molar refractivity (Wildman–Crippen MR) is 47.4 cm³/mol. The van der Waals surface area contributed by atoms with Gasteiger partial charge in [-0.25, -0.2) is 0 Å². The number of rotatable bonds is 1. The van der Waals surface area contributed by atoms with Crippen molar-refractivity contribution >= 4 is 11.9 Å². The topological polar surface area (TPSA) is 52.6 Å². The molecular formula is C10H14O4. The van der Waals surface area contributed by atoms with Crippen LogP contribution >= 0.6 is 0 Å². The molecule has 78 valence electrons. The summed E-state index contributed by atoms with van der Waals surface area (Å²) in [4.78, 5) is 22.4. The van der Waals surface area contributed by atoms with Crippen LogP contribution < -0.4 is 0 Å². The number of ether oxygens (including phenoxy) is 2. The lowest BCUT2D eigenvalue weighted by atomic mass is 9.71. The van der Waals surface area contributed by atoms with Crippen LogP contribution in [-0.4, -0.2) is 25.2 Å². The molecule has 0 spiro atoms. The quantitative estimate of drug-likeness (QED) is 0.464. The van der Waals surface area contributed by atoms with Crippen LogP contribution in [0.2, 0.25) is 0 Å². The number of esters is 2. The molecule has 2 heterocycles. The molecule has 0 aromatic heterocycles. The molecule has 2 rings (SSSR count). The molecule has 1 atom stereocenters. The predicted octanol–water partition coefficient (Wildman–Crippen LogP) is 0.893. The lowest BCUT2D eigenvalue weighted by Crippen LogP contribution is -2.36. The highest BCUT2D eigenvalue weighted by atomic mass is 16.6. The molecule has 0 aromatic rings. The van der Waals surface area contributed by atoms with Crippen molar-refractivity contribution in [1.82, 2.24) is 0 Å². The number of hydrogen-bond donors (Lipinski definition) is 0. The lowest BCUT2D eigenvalue weighted by Gasteiger charge is -2.36. The minimum absolute atomic E-state index is 0.110. The van der Waals surface area contributed by atoms with Crippen LogP contribution in [0.1, 0.15) is 26.2 Å². The summed E-state index contributed by atoms with van der Waals surface area (Å²) < 4.78 is 9.82. The molecule has 0 radical (unpaired) electrons. The Morgan fingerprint density at radius 3 is 2.43 bits per heavy atom. The van der Waals surface area contributed by atoms with E-state index in [-0.39, 0.29) is 29.7 Å². The molecule has 2 aliphatic rings. The van der Waals surface area contributed by atoms with Crippen molar-refractivity contribution < 1.29 is 19.1 Å². The third-order valence-electron chi connectivity index (χ3n) is 3.35. The summed E-state index contributed by atoms with van der Waals surface area (Å²) in [6.45, 7) is 3.39. The van der Waals surface area contributed by atoms with Crippen LogP contribution in [0.25, 0.3) is 0 Å². The zero-order chi connectivity index (χ0) is 10.2. The van der Waals surface area contributed by atoms with Crippen molar-refractivity contribution in [3.05, 3.63) is 0 Å². The van der Waals surface area contributed by atoms with E-state index in [1.807, 2.05) is 6.92 Å². The molecule has 2 aliphatic heterocycles. The summed E-state index contributed by atoms with van der Waals surface area (Å²) in [6, 6.07) is 0. The van der Waals surface area contributed by atoms with Gasteiger partial charge in [-0.3, -0.25) is 9.59 Å². The van der Waals surface area contributed by atoms with Crippen LogP contribution in [0, 0.1) is 11.3 Å². The third-order valence-corrected chi connectivity index (χ3v) is 3.35. The first kappa shape index (κ1) is 9.65. The molecular weight excluding hydrogens is 184 g/mol. The molecule has 2 saturated heterocycles. The third kappa shape index (κ3) is 1.54. The highest BCUT2D eigenvalue weighted by molar-refractivity contribution is 5.95. The van der Waals surface area contributed by atoms with Gasteiger partial charge in [0.15, 0.2) is 0 Å². The Morgan fingerprint density at radius 1 is 1.29 bits per heavy atom. The van der Waals surface area contributed by atoms with E-state index in [0.717, 1.165) is 12.8 Å². The molecule has 0 bridgehead atoms. The smallest absolute Gasteiger partial charge is 0.317 e. The molecule has 2 fully saturated rings. The van der Waals surface area contributed by atoms with Crippen LogP contribution in [0.4, 0.5) is 0 Å². The highest BCUT2D eigenvalue weighted by Crippen LogP contribution is 2.42. The van der Waals surface area contributed by atoms with Crippen molar-refractivity contribution in [1.29, 1.82) is 0 Å². The summed E-state index contributed by atoms with van der Waals surface area (Å²) in [5, 5.41) is 0. The zero-order valence-electron chi connectivity index (χ0n) is 8.25. The van der Waals surface area contributed by atoms with Crippen molar-refractivity contribution in [2.24, 2.45) is 11.3 Å². The van der Waals surface area contributed by atoms with E-state index in [2.05, 4.69) is 4.74 Å². The van der Waals surface area contributed by atoms with Crippen molar-refractivity contribution in [3.63, 3.8) is 0 Å². The zero-order valence-corrected chi connectivity index (χ0v) is 8.25. The number of cyclic esters (lactones) is 2. The first-order valence-corrected chi connectivity index (χ1v) is 4.94. The minimum Gasteiger partial charge on any atom is -0.393 e. The van der Waals surface area contributed by atoms with Gasteiger partial charge in [0.2, 0.25) is 0 Å². The molecule has 0 aromatic carbocycles. The lowest BCUT2D eigenvalue weighted by molar-refractivity contribution is -0.155. The first-order chi connectivity index (χ1) is 6.62. The Balaban J connectivity index is 2.12. The Morgan fingerprint density at radius 2 is 1.93 bits per heavy atom. The first-order valence-electron chi connectivity index (χ1n) is 4.94. The van der Waals surface area contributed by atoms with E-state index in [1.165, 1.54) is 0 Å². The molecule has 0 amide bonds. The van der Waals surface area contributed by atoms with Crippen molar-refractivity contribution in [3.8, 4) is 0 Å². The van der Waals surface area contributed by atoms with Gasteiger partial charge in [-0.1, -0.05) is 6.92 Å². The molecule has 4 nitrogen and oxygen atoms in total. The average molecular weight is 198 g/mol. The minimum atomic E-state index is -0.382. The van der Waals surface area contributed by atoms with E-state index >= 15 is 0 Å². The monoisotopic (exact) mass is 198 g/mol. The fraction of sp³-hybridized carbons (Fsp3) is 0.800. The number of carbonyl (C=O) groups excluding carboxylic acids is 2. The Kier molecular flexibility index (Phi) is 2.31. The summed E-state index contributed by atoms with van der Waals surface area (Å²) >= 11 is 0. The normalized spacial score (nSPS) is 31.6. The maximum atomic E-state index is 11.4. The maximum absolute atomic E-state index is 11.4. The van der Waals surface area contributed by atoms with E-state index in [4.69, 9.17) is 4.74 Å². The molecule has 0 saturated carbocycles. The second-order valence-corrected chi connectivity index (χ2v) is 4.32. The second kappa shape index (κ2) is 3.35. The maximum Gasteiger partial charge on any atom is 0.317 e. The van der Waals surface area contributed by atoms with Gasteiger partial charge in [0, 0.05) is 13.2 Å². The Hall–Kier alpha value is -0.900. The number of hydrogen-bond acceptors (Lipinski definition) is 4. The van der Waals surface area contributed by atoms with Gasteiger partial charge in [0.1, 0.15) is 0 Å². The van der Waals surface area contributed by atoms with Gasteiger partial charge < -0.3 is 9.47 Å². The fourth-order valence-electron chi connectivity index (χ4n) is 2.19. The Bertz CT molecular complexity index is 265. The van der Waals surface area contributed by atoms with E-state index < -0.39 is 0 Å². The van der Waals surface area contributed by atoms with Gasteiger partial charge >= 0.3 is 11.9 Å². The van der Waals surface area contributed by atoms with E-state index in [1.54, 1.807) is 0 Å². The Labute approximate surface area is 82.6 Å². The van der Waals surface area contributed by atoms with E-state index in [9.17, 15) is 9.59 Å². The van der Waals surface area contributed by atoms with Gasteiger partial charge in [0.05, 0.1) is 12.3 Å². The molecule has 0 aliphatic carbocycles. The summed E-state index contributed by atoms with van der Waals surface area (Å²) in [7, 11) is 0. The summed E-state index contributed by atoms with van der Waals surface area (Å²) in [6.07, 6.45) is 1.91. The van der Waals surface area contributed by atoms with Gasteiger partial charge in [-0.2, -0.15) is 0 Å². The van der Waals surface area contributed by atoms with Crippen molar-refractivity contribution in [2.45, 2.75) is 26.2 Å². The van der Waals surface area contributed by atoms with Gasteiger partial charge in [-0.15, -0.1) is 0 Å². The average Bonchev–Trinajstić information content (AvgIpc) is 2.47. The van der Waals surface area contributed by atoms with Crippen LogP contribution in [-0.2, 0) is 19.1 Å². The second-order valence-electron chi connectivity index (χ2n) is 4.32. The molecule has 4 heteroatoms. The highest BCUT2D eigenvalue weighted by Gasteiger charge is 2.47. The van der Waals surface area contributed by atoms with Crippen LogP contribution in [0.3, 0.4) is 0 Å². The summed E-state index contributed by atoms with van der Waals surface area (Å²) in [5.74, 6) is -0.981. The van der Waals surface area contributed by atoms with Crippen LogP contribution in [0.15, 0.2) is 0 Å². The molecule has 14 heavy (non-hydrogen) atoms. The van der Waals surface area contributed by atoms with E-state index in [0.29, 0.717) is 13.2 Å². The fourth-order valence-corrected chi connectivity index (χ4v) is 2.19. The van der Waals surface area contributed by atoms with Gasteiger partial charge in [0.25, 0.3) is 0 Å². The number of carbonyl (C=O) groups is 2. The van der Waals surface area contributed by atoms with Gasteiger partial charge in [-0.05, 0) is 18.3 Å².